The van der Waals surface area contributed by atoms with Gasteiger partial charge in [-0.2, -0.15) is 0 Å². The molecule has 5 N–H and O–H groups in total. The molecular weight excluding hydrogens is 246 g/mol. The van der Waals surface area contributed by atoms with Crippen molar-refractivity contribution in [2.75, 3.05) is 19.7 Å². The summed E-state index contributed by atoms with van der Waals surface area (Å²) in [5, 5.41) is 2.64. The Balaban J connectivity index is 2.33. The highest BCUT2D eigenvalue weighted by Gasteiger charge is 2.07. The average molecular weight is 265 g/mol. The molecule has 0 aliphatic rings. The molecule has 2 amide bonds. The van der Waals surface area contributed by atoms with Crippen molar-refractivity contribution in [1.29, 1.82) is 0 Å². The van der Waals surface area contributed by atoms with E-state index in [9.17, 15) is 9.59 Å². The lowest BCUT2D eigenvalue weighted by Crippen LogP contribution is -2.29. The summed E-state index contributed by atoms with van der Waals surface area (Å²) in [4.78, 5) is 22.4. The van der Waals surface area contributed by atoms with Gasteiger partial charge in [-0.25, -0.2) is 0 Å². The molecule has 0 radical (unpaired) electrons. The molecule has 0 aliphatic carbocycles. The van der Waals surface area contributed by atoms with E-state index in [0.29, 0.717) is 18.7 Å². The molecule has 0 spiro atoms. The minimum atomic E-state index is -0.486. The van der Waals surface area contributed by atoms with Crippen LogP contribution in [0.25, 0.3) is 0 Å². The van der Waals surface area contributed by atoms with Crippen molar-refractivity contribution in [2.45, 2.75) is 13.0 Å². The number of hydrogen-bond donors (Lipinski definition) is 3. The normalized spacial score (nSPS) is 10.2. The summed E-state index contributed by atoms with van der Waals surface area (Å²) in [7, 11) is 0. The lowest BCUT2D eigenvalue weighted by atomic mass is 10.1. The minimum absolute atomic E-state index is 0.103. The zero-order valence-corrected chi connectivity index (χ0v) is 10.7. The summed E-state index contributed by atoms with van der Waals surface area (Å²) >= 11 is 0. The number of ether oxygens (including phenoxy) is 1. The molecule has 19 heavy (non-hydrogen) atoms. The third-order valence-electron chi connectivity index (χ3n) is 2.48. The quantitative estimate of drug-likeness (QED) is 0.564. The largest absolute Gasteiger partial charge is 0.376 e. The molecule has 1 aromatic rings. The molecule has 0 heterocycles. The highest BCUT2D eigenvalue weighted by atomic mass is 16.5. The topological polar surface area (TPSA) is 107 Å². The van der Waals surface area contributed by atoms with Crippen molar-refractivity contribution in [3.05, 3.63) is 35.4 Å². The highest BCUT2D eigenvalue weighted by Crippen LogP contribution is 2.09. The fourth-order valence-corrected chi connectivity index (χ4v) is 1.53. The maximum absolute atomic E-state index is 11.3. The van der Waals surface area contributed by atoms with Gasteiger partial charge in [0.25, 0.3) is 0 Å². The maximum Gasteiger partial charge on any atom is 0.249 e. The second-order valence-corrected chi connectivity index (χ2v) is 3.96. The van der Waals surface area contributed by atoms with E-state index in [1.54, 1.807) is 24.3 Å². The Hall–Kier alpha value is -1.92. The van der Waals surface area contributed by atoms with Gasteiger partial charge in [0, 0.05) is 25.1 Å². The SMILES string of the molecule is NCCNC(=O)CCOCc1ccccc1C(N)=O. The molecule has 0 aromatic heterocycles. The molecule has 6 heteroatoms. The molecular formula is C13H19N3O3. The maximum atomic E-state index is 11.3. The average Bonchev–Trinajstić information content (AvgIpc) is 2.41. The van der Waals surface area contributed by atoms with Crippen molar-refractivity contribution in [3.63, 3.8) is 0 Å². The van der Waals surface area contributed by atoms with E-state index < -0.39 is 5.91 Å². The smallest absolute Gasteiger partial charge is 0.249 e. The van der Waals surface area contributed by atoms with E-state index in [1.807, 2.05) is 0 Å². The van der Waals surface area contributed by atoms with Crippen LogP contribution in [0.1, 0.15) is 22.3 Å². The summed E-state index contributed by atoms with van der Waals surface area (Å²) in [6.45, 7) is 1.41. The molecule has 0 atom stereocenters. The number of carbonyl (C=O) groups is 2. The lowest BCUT2D eigenvalue weighted by Gasteiger charge is -2.08. The number of primary amides is 1. The van der Waals surface area contributed by atoms with Crippen molar-refractivity contribution in [1.82, 2.24) is 5.32 Å². The van der Waals surface area contributed by atoms with Gasteiger partial charge >= 0.3 is 0 Å². The van der Waals surface area contributed by atoms with E-state index in [-0.39, 0.29) is 25.5 Å². The standard InChI is InChI=1S/C13H19N3O3/c14-6-7-16-12(17)5-8-19-9-10-3-1-2-4-11(10)13(15)18/h1-4H,5-9,14H2,(H2,15,18)(H,16,17). The zero-order valence-electron chi connectivity index (χ0n) is 10.7. The molecule has 0 unspecified atom stereocenters. The minimum Gasteiger partial charge on any atom is -0.376 e. The molecule has 1 aromatic carbocycles. The fraction of sp³-hybridized carbons (Fsp3) is 0.385. The van der Waals surface area contributed by atoms with E-state index in [4.69, 9.17) is 16.2 Å². The highest BCUT2D eigenvalue weighted by molar-refractivity contribution is 5.94. The number of hydrogen-bond acceptors (Lipinski definition) is 4. The molecule has 6 nitrogen and oxygen atoms in total. The predicted octanol–water partition coefficient (Wildman–Crippen LogP) is -0.233. The molecule has 104 valence electrons. The Morgan fingerprint density at radius 2 is 2.00 bits per heavy atom. The van der Waals surface area contributed by atoms with Crippen LogP contribution < -0.4 is 16.8 Å². The summed E-state index contributed by atoms with van der Waals surface area (Å²) in [6.07, 6.45) is 0.263. The van der Waals surface area contributed by atoms with E-state index in [1.165, 1.54) is 0 Å². The number of benzene rings is 1. The first kappa shape index (κ1) is 15.1. The molecule has 0 bridgehead atoms. The Bertz CT molecular complexity index is 435. The van der Waals surface area contributed by atoms with Crippen LogP contribution in [-0.2, 0) is 16.1 Å². The van der Waals surface area contributed by atoms with Crippen LogP contribution in [-0.4, -0.2) is 31.5 Å². The second kappa shape index (κ2) is 8.23. The van der Waals surface area contributed by atoms with Gasteiger partial charge in [-0.3, -0.25) is 9.59 Å². The van der Waals surface area contributed by atoms with Crippen molar-refractivity contribution in [3.8, 4) is 0 Å². The summed E-state index contributed by atoms with van der Waals surface area (Å²) in [5.74, 6) is -0.589. The first-order valence-electron chi connectivity index (χ1n) is 6.07. The molecule has 0 aliphatic heterocycles. The van der Waals surface area contributed by atoms with Crippen LogP contribution >= 0.6 is 0 Å². The number of nitrogens with one attached hydrogen (secondary N) is 1. The van der Waals surface area contributed by atoms with Crippen LogP contribution in [0.3, 0.4) is 0 Å². The molecule has 0 saturated carbocycles. The Labute approximate surface area is 112 Å². The van der Waals surface area contributed by atoms with E-state index in [0.717, 1.165) is 5.56 Å². The van der Waals surface area contributed by atoms with Crippen LogP contribution in [0, 0.1) is 0 Å². The number of carbonyl (C=O) groups excluding carboxylic acids is 2. The summed E-state index contributed by atoms with van der Waals surface area (Å²) in [5.41, 5.74) is 11.7. The van der Waals surface area contributed by atoms with Crippen molar-refractivity contribution < 1.29 is 14.3 Å². The van der Waals surface area contributed by atoms with Crippen LogP contribution in [0.5, 0.6) is 0 Å². The Kier molecular flexibility index (Phi) is 6.56. The predicted molar refractivity (Wildman–Crippen MR) is 71.3 cm³/mol. The lowest BCUT2D eigenvalue weighted by molar-refractivity contribution is -0.122. The van der Waals surface area contributed by atoms with Crippen molar-refractivity contribution in [2.24, 2.45) is 11.5 Å². The molecule has 1 rings (SSSR count). The van der Waals surface area contributed by atoms with Crippen LogP contribution in [0.15, 0.2) is 24.3 Å². The van der Waals surface area contributed by atoms with Crippen molar-refractivity contribution >= 4 is 11.8 Å². The second-order valence-electron chi connectivity index (χ2n) is 3.96. The van der Waals surface area contributed by atoms with Gasteiger partial charge in [0.2, 0.25) is 11.8 Å². The van der Waals surface area contributed by atoms with Gasteiger partial charge < -0.3 is 21.5 Å². The third-order valence-corrected chi connectivity index (χ3v) is 2.48. The first-order chi connectivity index (χ1) is 9.15. The zero-order chi connectivity index (χ0) is 14.1. The van der Waals surface area contributed by atoms with Gasteiger partial charge in [-0.05, 0) is 11.6 Å². The van der Waals surface area contributed by atoms with Gasteiger partial charge in [0.1, 0.15) is 0 Å². The van der Waals surface area contributed by atoms with Gasteiger partial charge in [-0.15, -0.1) is 0 Å². The summed E-state index contributed by atoms with van der Waals surface area (Å²) < 4.78 is 5.36. The fourth-order valence-electron chi connectivity index (χ4n) is 1.53. The monoisotopic (exact) mass is 265 g/mol. The number of amides is 2. The number of rotatable bonds is 8. The Morgan fingerprint density at radius 1 is 1.26 bits per heavy atom. The van der Waals surface area contributed by atoms with E-state index >= 15 is 0 Å². The van der Waals surface area contributed by atoms with Gasteiger partial charge in [0.15, 0.2) is 0 Å². The van der Waals surface area contributed by atoms with Crippen LogP contribution in [0.2, 0.25) is 0 Å². The van der Waals surface area contributed by atoms with Gasteiger partial charge in [0.05, 0.1) is 13.2 Å². The molecule has 0 saturated heterocycles. The third kappa shape index (κ3) is 5.50. The summed E-state index contributed by atoms with van der Waals surface area (Å²) in [6, 6.07) is 6.96. The molecule has 0 fully saturated rings. The number of nitrogens with two attached hydrogens (primary N) is 2. The van der Waals surface area contributed by atoms with E-state index in [2.05, 4.69) is 5.32 Å². The van der Waals surface area contributed by atoms with Gasteiger partial charge in [-0.1, -0.05) is 18.2 Å². The van der Waals surface area contributed by atoms with Crippen LogP contribution in [0.4, 0.5) is 0 Å². The first-order valence-corrected chi connectivity index (χ1v) is 6.07. The Morgan fingerprint density at radius 3 is 2.68 bits per heavy atom.